The Balaban J connectivity index is 2.03. The zero-order valence-electron chi connectivity index (χ0n) is 17.4. The molecule has 2 aromatic heterocycles. The van der Waals surface area contributed by atoms with Gasteiger partial charge >= 0.3 is 11.9 Å². The van der Waals surface area contributed by atoms with Crippen molar-refractivity contribution < 1.29 is 23.5 Å². The molecule has 3 heterocycles. The van der Waals surface area contributed by atoms with Crippen LogP contribution in [-0.4, -0.2) is 35.3 Å². The summed E-state index contributed by atoms with van der Waals surface area (Å²) >= 11 is 2.79. The lowest BCUT2D eigenvalue weighted by molar-refractivity contribution is -0.139. The van der Waals surface area contributed by atoms with Gasteiger partial charge in [0.15, 0.2) is 9.43 Å². The van der Waals surface area contributed by atoms with Crippen LogP contribution in [0.25, 0.3) is 0 Å². The Morgan fingerprint density at radius 1 is 1.07 bits per heavy atom. The number of esters is 2. The number of hydrogen-bond donors (Lipinski definition) is 1. The molecule has 0 bridgehead atoms. The van der Waals surface area contributed by atoms with Gasteiger partial charge in [0, 0.05) is 11.4 Å². The van der Waals surface area contributed by atoms with E-state index in [-0.39, 0.29) is 13.2 Å². The first-order chi connectivity index (χ1) is 14.3. The van der Waals surface area contributed by atoms with Crippen LogP contribution < -0.4 is 5.32 Å². The van der Waals surface area contributed by atoms with Crippen molar-refractivity contribution in [2.75, 3.05) is 13.2 Å². The lowest BCUT2D eigenvalue weighted by Crippen LogP contribution is -2.32. The van der Waals surface area contributed by atoms with Crippen molar-refractivity contribution in [2.24, 2.45) is 0 Å². The molecule has 1 aliphatic rings. The highest BCUT2D eigenvalue weighted by atomic mass is 32.2. The van der Waals surface area contributed by atoms with Crippen LogP contribution in [0.4, 0.5) is 0 Å². The van der Waals surface area contributed by atoms with E-state index in [2.05, 4.69) is 15.5 Å². The quantitative estimate of drug-likeness (QED) is 0.629. The van der Waals surface area contributed by atoms with Gasteiger partial charge in [-0.15, -0.1) is 10.2 Å². The number of hydrogen-bond acceptors (Lipinski definition) is 10. The van der Waals surface area contributed by atoms with Gasteiger partial charge in [0.2, 0.25) is 0 Å². The fourth-order valence-electron chi connectivity index (χ4n) is 3.19. The third kappa shape index (κ3) is 4.59. The average molecular weight is 450 g/mol. The van der Waals surface area contributed by atoms with E-state index < -0.39 is 17.9 Å². The van der Waals surface area contributed by atoms with Crippen molar-refractivity contribution in [3.63, 3.8) is 0 Å². The van der Waals surface area contributed by atoms with E-state index >= 15 is 0 Å². The molecule has 0 radical (unpaired) electrons. The number of nitrogens with zero attached hydrogens (tertiary/aromatic N) is 2. The highest BCUT2D eigenvalue weighted by molar-refractivity contribution is 8.00. The molecule has 0 saturated carbocycles. The summed E-state index contributed by atoms with van der Waals surface area (Å²) in [5.74, 6) is -1.31. The number of dihydropyridines is 1. The molecule has 0 aliphatic carbocycles. The molecule has 2 aromatic rings. The first kappa shape index (κ1) is 22.1. The summed E-state index contributed by atoms with van der Waals surface area (Å²) < 4.78 is 17.3. The fourth-order valence-corrected chi connectivity index (χ4v) is 4.91. The maximum absolute atomic E-state index is 12.8. The van der Waals surface area contributed by atoms with Crippen LogP contribution in [0.15, 0.2) is 48.5 Å². The van der Waals surface area contributed by atoms with Crippen LogP contribution in [0, 0.1) is 6.92 Å². The molecular formula is C20H23N3O5S2. The summed E-state index contributed by atoms with van der Waals surface area (Å²) in [4.78, 5) is 25.5. The molecule has 30 heavy (non-hydrogen) atoms. The fraction of sp³-hybridized carbons (Fsp3) is 0.400. The second kappa shape index (κ2) is 9.48. The molecule has 0 spiro atoms. The van der Waals surface area contributed by atoms with Gasteiger partial charge in [-0.05, 0) is 58.5 Å². The number of aryl methyl sites for hydroxylation is 1. The second-order valence-corrected chi connectivity index (χ2v) is 8.86. The van der Waals surface area contributed by atoms with E-state index in [4.69, 9.17) is 13.9 Å². The molecule has 10 heteroatoms. The molecule has 8 nitrogen and oxygen atoms in total. The smallest absolute Gasteiger partial charge is 0.336 e. The van der Waals surface area contributed by atoms with E-state index in [9.17, 15) is 9.59 Å². The summed E-state index contributed by atoms with van der Waals surface area (Å²) in [6.45, 7) is 9.32. The predicted molar refractivity (Wildman–Crippen MR) is 112 cm³/mol. The topological polar surface area (TPSA) is 104 Å². The summed E-state index contributed by atoms with van der Waals surface area (Å²) in [7, 11) is 0. The van der Waals surface area contributed by atoms with Gasteiger partial charge in [-0.3, -0.25) is 0 Å². The Hall–Kier alpha value is -2.59. The van der Waals surface area contributed by atoms with Crippen LogP contribution in [0.5, 0.6) is 0 Å². The minimum atomic E-state index is -0.741. The maximum Gasteiger partial charge on any atom is 0.336 e. The zero-order chi connectivity index (χ0) is 21.8. The molecule has 0 saturated heterocycles. The molecule has 1 aliphatic heterocycles. The highest BCUT2D eigenvalue weighted by Crippen LogP contribution is 2.42. The Kier molecular flexibility index (Phi) is 6.99. The first-order valence-electron chi connectivity index (χ1n) is 9.46. The molecule has 0 amide bonds. The van der Waals surface area contributed by atoms with Crippen LogP contribution in [0.1, 0.15) is 44.4 Å². The Bertz CT molecular complexity index is 981. The number of furan rings is 1. The van der Waals surface area contributed by atoms with Gasteiger partial charge in [-0.2, -0.15) is 0 Å². The Labute approximate surface area is 182 Å². The van der Waals surface area contributed by atoms with Gasteiger partial charge in [0.05, 0.1) is 30.3 Å². The highest BCUT2D eigenvalue weighted by Gasteiger charge is 2.39. The molecule has 0 fully saturated rings. The minimum absolute atomic E-state index is 0.218. The number of rotatable bonds is 7. The summed E-state index contributed by atoms with van der Waals surface area (Å²) in [6, 6.07) is 3.54. The average Bonchev–Trinajstić information content (AvgIpc) is 3.30. The van der Waals surface area contributed by atoms with Gasteiger partial charge in [-0.25, -0.2) is 9.59 Å². The molecule has 1 N–H and O–H groups in total. The van der Waals surface area contributed by atoms with E-state index in [0.29, 0.717) is 33.4 Å². The van der Waals surface area contributed by atoms with Crippen molar-refractivity contribution >= 4 is 35.0 Å². The lowest BCUT2D eigenvalue weighted by Gasteiger charge is -2.28. The van der Waals surface area contributed by atoms with Crippen LogP contribution >= 0.6 is 23.1 Å². The molecule has 0 atom stereocenters. The van der Waals surface area contributed by atoms with Crippen molar-refractivity contribution in [1.29, 1.82) is 0 Å². The maximum atomic E-state index is 12.8. The third-order valence-corrected chi connectivity index (χ3v) is 6.14. The molecule has 160 valence electrons. The summed E-state index contributed by atoms with van der Waals surface area (Å²) in [5.41, 5.74) is 1.86. The van der Waals surface area contributed by atoms with Gasteiger partial charge in [0.25, 0.3) is 0 Å². The van der Waals surface area contributed by atoms with Crippen molar-refractivity contribution in [1.82, 2.24) is 15.5 Å². The van der Waals surface area contributed by atoms with Crippen molar-refractivity contribution in [2.45, 2.75) is 50.0 Å². The molecule has 3 rings (SSSR count). The number of ether oxygens (including phenoxy) is 2. The van der Waals surface area contributed by atoms with E-state index in [1.165, 1.54) is 23.1 Å². The number of nitrogens with one attached hydrogen (secondary N) is 1. The van der Waals surface area contributed by atoms with E-state index in [1.807, 2.05) is 6.92 Å². The van der Waals surface area contributed by atoms with Gasteiger partial charge < -0.3 is 19.2 Å². The van der Waals surface area contributed by atoms with E-state index in [1.54, 1.807) is 39.8 Å². The Morgan fingerprint density at radius 2 is 1.67 bits per heavy atom. The van der Waals surface area contributed by atoms with Gasteiger partial charge in [0.1, 0.15) is 10.8 Å². The lowest BCUT2D eigenvalue weighted by atomic mass is 9.83. The number of carbonyl (C=O) groups excluding carboxylic acids is 2. The third-order valence-electron chi connectivity index (χ3n) is 4.33. The van der Waals surface area contributed by atoms with E-state index in [0.717, 1.165) is 9.35 Å². The van der Waals surface area contributed by atoms with Crippen LogP contribution in [0.3, 0.4) is 0 Å². The summed E-state index contributed by atoms with van der Waals surface area (Å²) in [6.07, 6.45) is 0. The molecule has 0 aromatic carbocycles. The number of allylic oxidation sites excluding steroid dienone is 2. The van der Waals surface area contributed by atoms with Crippen molar-refractivity contribution in [3.05, 3.63) is 45.4 Å². The minimum Gasteiger partial charge on any atom is -0.463 e. The SMILES string of the molecule is CCOC(=O)C1=C(C)NC(C)=C(C(=O)OCC)C1c1ccc(Sc2nnc(C)s2)o1. The monoisotopic (exact) mass is 449 g/mol. The molecular weight excluding hydrogens is 426 g/mol. The standard InChI is InChI=1S/C20H23N3O5S2/c1-6-26-18(24)15-10(3)21-11(4)16(19(25)27-7-2)17(15)13-8-9-14(28-13)30-20-23-22-12(5)29-20/h8-9,17,21H,6-7H2,1-5H3. The van der Waals surface area contributed by atoms with Crippen LogP contribution in [-0.2, 0) is 19.1 Å². The molecule has 0 unspecified atom stereocenters. The Morgan fingerprint density at radius 3 is 2.17 bits per heavy atom. The first-order valence-corrected chi connectivity index (χ1v) is 11.1. The predicted octanol–water partition coefficient (Wildman–Crippen LogP) is 3.95. The zero-order valence-corrected chi connectivity index (χ0v) is 19.0. The summed E-state index contributed by atoms with van der Waals surface area (Å²) in [5, 5.41) is 12.6. The number of aromatic nitrogens is 2. The van der Waals surface area contributed by atoms with Gasteiger partial charge in [-0.1, -0.05) is 11.3 Å². The van der Waals surface area contributed by atoms with Crippen molar-refractivity contribution in [3.8, 4) is 0 Å². The second-order valence-electron chi connectivity index (χ2n) is 6.42. The normalized spacial score (nSPS) is 14.7. The number of carbonyl (C=O) groups is 2. The largest absolute Gasteiger partial charge is 0.463 e. The van der Waals surface area contributed by atoms with Crippen LogP contribution in [0.2, 0.25) is 0 Å².